The highest BCUT2D eigenvalue weighted by Crippen LogP contribution is 2.21. The van der Waals surface area contributed by atoms with Crippen LogP contribution in [-0.4, -0.2) is 46.5 Å². The standard InChI is InChI=1S/C14H25N3O2S2/c1-3-15-9-13-8-14(20-11-13)21(18,19)16-10-12-4-6-17(2)7-5-12/h8,11-12,15-16H,3-7,9-10H2,1-2H3. The van der Waals surface area contributed by atoms with E-state index in [4.69, 9.17) is 0 Å². The van der Waals surface area contributed by atoms with Crippen LogP contribution in [0.5, 0.6) is 0 Å². The predicted molar refractivity (Wildman–Crippen MR) is 87.1 cm³/mol. The maximum atomic E-state index is 12.3. The van der Waals surface area contributed by atoms with Gasteiger partial charge in [0.2, 0.25) is 10.0 Å². The third-order valence-corrected chi connectivity index (χ3v) is 6.79. The predicted octanol–water partition coefficient (Wildman–Crippen LogP) is 1.48. The topological polar surface area (TPSA) is 61.4 Å². The first-order valence-corrected chi connectivity index (χ1v) is 9.84. The number of sulfonamides is 1. The van der Waals surface area contributed by atoms with Crippen molar-refractivity contribution in [3.05, 3.63) is 17.0 Å². The van der Waals surface area contributed by atoms with Crippen LogP contribution in [0.4, 0.5) is 0 Å². The summed E-state index contributed by atoms with van der Waals surface area (Å²) in [6.45, 7) is 6.30. The Labute approximate surface area is 131 Å². The molecule has 1 saturated heterocycles. The lowest BCUT2D eigenvalue weighted by Crippen LogP contribution is -2.36. The van der Waals surface area contributed by atoms with Gasteiger partial charge in [-0.05, 0) is 62.5 Å². The summed E-state index contributed by atoms with van der Waals surface area (Å²) in [4.78, 5) is 2.29. The zero-order valence-electron chi connectivity index (χ0n) is 12.8. The van der Waals surface area contributed by atoms with Crippen molar-refractivity contribution in [2.45, 2.75) is 30.5 Å². The Morgan fingerprint density at radius 2 is 2.10 bits per heavy atom. The van der Waals surface area contributed by atoms with Gasteiger partial charge in [-0.15, -0.1) is 11.3 Å². The van der Waals surface area contributed by atoms with Gasteiger partial charge in [-0.1, -0.05) is 6.92 Å². The van der Waals surface area contributed by atoms with Crippen molar-refractivity contribution >= 4 is 21.4 Å². The highest BCUT2D eigenvalue weighted by molar-refractivity contribution is 7.91. The molecule has 0 atom stereocenters. The van der Waals surface area contributed by atoms with Crippen LogP contribution >= 0.6 is 11.3 Å². The monoisotopic (exact) mass is 331 g/mol. The molecule has 1 aromatic heterocycles. The van der Waals surface area contributed by atoms with Crippen LogP contribution in [0.2, 0.25) is 0 Å². The summed E-state index contributed by atoms with van der Waals surface area (Å²) in [5.41, 5.74) is 1.03. The van der Waals surface area contributed by atoms with E-state index in [2.05, 4.69) is 22.0 Å². The van der Waals surface area contributed by atoms with E-state index in [-0.39, 0.29) is 0 Å². The molecule has 120 valence electrons. The molecule has 1 fully saturated rings. The molecule has 0 saturated carbocycles. The Morgan fingerprint density at radius 1 is 1.38 bits per heavy atom. The Bertz CT molecular complexity index is 534. The van der Waals surface area contributed by atoms with Crippen LogP contribution < -0.4 is 10.0 Å². The zero-order chi connectivity index (χ0) is 15.3. The first-order chi connectivity index (χ1) is 10.0. The number of thiophene rings is 1. The number of nitrogens with one attached hydrogen (secondary N) is 2. The summed E-state index contributed by atoms with van der Waals surface area (Å²) in [5.74, 6) is 0.456. The fourth-order valence-electron chi connectivity index (χ4n) is 2.42. The fourth-order valence-corrected chi connectivity index (χ4v) is 4.79. The van der Waals surface area contributed by atoms with Gasteiger partial charge in [0, 0.05) is 13.1 Å². The molecule has 0 aliphatic carbocycles. The number of nitrogens with zero attached hydrogens (tertiary/aromatic N) is 1. The van der Waals surface area contributed by atoms with Crippen LogP contribution in [0, 0.1) is 5.92 Å². The molecule has 2 rings (SSSR count). The number of hydrogen-bond donors (Lipinski definition) is 2. The van der Waals surface area contributed by atoms with Crippen molar-refractivity contribution in [1.82, 2.24) is 14.9 Å². The van der Waals surface area contributed by atoms with Crippen molar-refractivity contribution in [2.24, 2.45) is 5.92 Å². The molecule has 21 heavy (non-hydrogen) atoms. The highest BCUT2D eigenvalue weighted by atomic mass is 32.2. The van der Waals surface area contributed by atoms with Gasteiger partial charge in [0.15, 0.2) is 0 Å². The number of likely N-dealkylation sites (tertiary alicyclic amines) is 1. The third-order valence-electron chi connectivity index (χ3n) is 3.87. The summed E-state index contributed by atoms with van der Waals surface area (Å²) < 4.78 is 27.8. The van der Waals surface area contributed by atoms with Crippen LogP contribution in [0.25, 0.3) is 0 Å². The molecule has 0 unspecified atom stereocenters. The maximum Gasteiger partial charge on any atom is 0.250 e. The molecule has 0 radical (unpaired) electrons. The van der Waals surface area contributed by atoms with Gasteiger partial charge < -0.3 is 10.2 Å². The molecule has 1 aliphatic rings. The van der Waals surface area contributed by atoms with E-state index in [1.165, 1.54) is 11.3 Å². The first-order valence-electron chi connectivity index (χ1n) is 7.47. The van der Waals surface area contributed by atoms with Crippen molar-refractivity contribution in [1.29, 1.82) is 0 Å². The van der Waals surface area contributed by atoms with Gasteiger partial charge >= 0.3 is 0 Å². The molecular weight excluding hydrogens is 306 g/mol. The first kappa shape index (κ1) is 16.9. The molecule has 5 nitrogen and oxygen atoms in total. The number of hydrogen-bond acceptors (Lipinski definition) is 5. The molecule has 2 N–H and O–H groups in total. The summed E-state index contributed by atoms with van der Waals surface area (Å²) in [5, 5.41) is 5.11. The molecule has 0 spiro atoms. The highest BCUT2D eigenvalue weighted by Gasteiger charge is 2.21. The van der Waals surface area contributed by atoms with E-state index in [0.29, 0.717) is 16.7 Å². The summed E-state index contributed by atoms with van der Waals surface area (Å²) in [7, 11) is -1.24. The fraction of sp³-hybridized carbons (Fsp3) is 0.714. The zero-order valence-corrected chi connectivity index (χ0v) is 14.4. The minimum atomic E-state index is -3.35. The largest absolute Gasteiger partial charge is 0.313 e. The molecule has 2 heterocycles. The third kappa shape index (κ3) is 5.03. The Morgan fingerprint density at radius 3 is 2.76 bits per heavy atom. The lowest BCUT2D eigenvalue weighted by molar-refractivity contribution is 0.220. The molecule has 1 aromatic rings. The van der Waals surface area contributed by atoms with Gasteiger partial charge in [0.1, 0.15) is 4.21 Å². The number of rotatable bonds is 7. The van der Waals surface area contributed by atoms with E-state index in [9.17, 15) is 8.42 Å². The molecule has 7 heteroatoms. The number of piperidine rings is 1. The van der Waals surface area contributed by atoms with Crippen LogP contribution in [-0.2, 0) is 16.6 Å². The molecule has 0 aromatic carbocycles. The quantitative estimate of drug-likeness (QED) is 0.794. The second kappa shape index (κ2) is 7.69. The van der Waals surface area contributed by atoms with Gasteiger partial charge in [-0.2, -0.15) is 0 Å². The SMILES string of the molecule is CCNCc1csc(S(=O)(=O)NCC2CCN(C)CC2)c1. The lowest BCUT2D eigenvalue weighted by atomic mass is 9.98. The van der Waals surface area contributed by atoms with Crippen molar-refractivity contribution < 1.29 is 8.42 Å². The average Bonchev–Trinajstić information content (AvgIpc) is 2.94. The normalized spacial score (nSPS) is 18.2. The minimum Gasteiger partial charge on any atom is -0.313 e. The van der Waals surface area contributed by atoms with E-state index in [0.717, 1.165) is 44.6 Å². The van der Waals surface area contributed by atoms with E-state index in [1.54, 1.807) is 6.07 Å². The van der Waals surface area contributed by atoms with E-state index < -0.39 is 10.0 Å². The lowest BCUT2D eigenvalue weighted by Gasteiger charge is -2.28. The van der Waals surface area contributed by atoms with Crippen molar-refractivity contribution in [3.63, 3.8) is 0 Å². The van der Waals surface area contributed by atoms with Crippen molar-refractivity contribution in [3.8, 4) is 0 Å². The van der Waals surface area contributed by atoms with Gasteiger partial charge in [0.05, 0.1) is 0 Å². The second-order valence-corrected chi connectivity index (χ2v) is 8.56. The summed E-state index contributed by atoms with van der Waals surface area (Å²) in [6.07, 6.45) is 2.13. The molecule has 1 aliphatic heterocycles. The van der Waals surface area contributed by atoms with E-state index in [1.807, 2.05) is 12.3 Å². The minimum absolute atomic E-state index is 0.420. The van der Waals surface area contributed by atoms with Crippen molar-refractivity contribution in [2.75, 3.05) is 33.2 Å². The Balaban J connectivity index is 1.87. The molecular formula is C14H25N3O2S2. The molecule has 0 bridgehead atoms. The van der Waals surface area contributed by atoms with Crippen LogP contribution in [0.3, 0.4) is 0 Å². The summed E-state index contributed by atoms with van der Waals surface area (Å²) in [6, 6.07) is 1.77. The smallest absolute Gasteiger partial charge is 0.250 e. The van der Waals surface area contributed by atoms with Gasteiger partial charge in [-0.3, -0.25) is 0 Å². The second-order valence-electron chi connectivity index (χ2n) is 5.65. The maximum absolute atomic E-state index is 12.3. The Kier molecular flexibility index (Phi) is 6.19. The van der Waals surface area contributed by atoms with E-state index >= 15 is 0 Å². The molecule has 0 amide bonds. The average molecular weight is 332 g/mol. The Hall–Kier alpha value is -0.470. The van der Waals surface area contributed by atoms with Crippen LogP contribution in [0.1, 0.15) is 25.3 Å². The van der Waals surface area contributed by atoms with Gasteiger partial charge in [0.25, 0.3) is 0 Å². The summed E-state index contributed by atoms with van der Waals surface area (Å²) >= 11 is 1.30. The van der Waals surface area contributed by atoms with Crippen LogP contribution in [0.15, 0.2) is 15.7 Å². The van der Waals surface area contributed by atoms with Gasteiger partial charge in [-0.25, -0.2) is 13.1 Å².